The van der Waals surface area contributed by atoms with Gasteiger partial charge in [-0.05, 0) is 31.2 Å². The molecular formula is C16H15ClO3. The second-order valence-corrected chi connectivity index (χ2v) is 4.71. The zero-order chi connectivity index (χ0) is 14.5. The van der Waals surface area contributed by atoms with Crippen LogP contribution in [0.4, 0.5) is 0 Å². The van der Waals surface area contributed by atoms with Crippen molar-refractivity contribution < 1.29 is 14.3 Å². The molecule has 20 heavy (non-hydrogen) atoms. The fraction of sp³-hybridized carbons (Fsp3) is 0.188. The average Bonchev–Trinajstić information content (AvgIpc) is 2.46. The van der Waals surface area contributed by atoms with Gasteiger partial charge in [0.25, 0.3) is 0 Å². The van der Waals surface area contributed by atoms with Crippen LogP contribution in [0.3, 0.4) is 0 Å². The van der Waals surface area contributed by atoms with Crippen LogP contribution in [0.15, 0.2) is 42.5 Å². The number of hydrogen-bond acceptors (Lipinski definition) is 3. The molecule has 0 amide bonds. The second kappa shape index (κ2) is 6.44. The standard InChI is InChI=1S/C16H15ClO3/c1-11(18)12-7-8-15(16(9-12)19-2)20-10-13-5-3-4-6-14(13)17/h3-9H,10H2,1-2H3. The molecule has 0 atom stereocenters. The van der Waals surface area contributed by atoms with Gasteiger partial charge in [-0.25, -0.2) is 0 Å². The third-order valence-corrected chi connectivity index (χ3v) is 3.28. The van der Waals surface area contributed by atoms with Crippen molar-refractivity contribution in [3.63, 3.8) is 0 Å². The molecule has 0 aliphatic carbocycles. The molecule has 0 fully saturated rings. The molecule has 104 valence electrons. The summed E-state index contributed by atoms with van der Waals surface area (Å²) < 4.78 is 11.0. The molecule has 0 aliphatic rings. The van der Waals surface area contributed by atoms with Gasteiger partial charge in [0.05, 0.1) is 7.11 Å². The fourth-order valence-electron chi connectivity index (χ4n) is 1.78. The van der Waals surface area contributed by atoms with Crippen molar-refractivity contribution in [3.8, 4) is 11.5 Å². The van der Waals surface area contributed by atoms with Gasteiger partial charge in [0.1, 0.15) is 6.61 Å². The number of methoxy groups -OCH3 is 1. The van der Waals surface area contributed by atoms with Crippen molar-refractivity contribution in [1.82, 2.24) is 0 Å². The molecule has 0 saturated carbocycles. The summed E-state index contributed by atoms with van der Waals surface area (Å²) in [7, 11) is 1.54. The summed E-state index contributed by atoms with van der Waals surface area (Å²) in [5.74, 6) is 1.10. The summed E-state index contributed by atoms with van der Waals surface area (Å²) in [5, 5.41) is 0.659. The molecule has 0 spiro atoms. The van der Waals surface area contributed by atoms with Crippen molar-refractivity contribution in [2.75, 3.05) is 7.11 Å². The molecule has 4 heteroatoms. The number of carbonyl (C=O) groups is 1. The number of ketones is 1. The Morgan fingerprint density at radius 2 is 1.90 bits per heavy atom. The van der Waals surface area contributed by atoms with E-state index in [1.807, 2.05) is 24.3 Å². The van der Waals surface area contributed by atoms with E-state index in [0.717, 1.165) is 5.56 Å². The van der Waals surface area contributed by atoms with E-state index in [1.54, 1.807) is 25.3 Å². The lowest BCUT2D eigenvalue weighted by Crippen LogP contribution is -2.00. The van der Waals surface area contributed by atoms with Crippen LogP contribution >= 0.6 is 11.6 Å². The van der Waals surface area contributed by atoms with Crippen LogP contribution < -0.4 is 9.47 Å². The highest BCUT2D eigenvalue weighted by Gasteiger charge is 2.09. The Hall–Kier alpha value is -2.00. The first-order valence-electron chi connectivity index (χ1n) is 6.17. The van der Waals surface area contributed by atoms with Crippen molar-refractivity contribution in [2.45, 2.75) is 13.5 Å². The Morgan fingerprint density at radius 1 is 1.15 bits per heavy atom. The molecular weight excluding hydrogens is 276 g/mol. The minimum Gasteiger partial charge on any atom is -0.493 e. The fourth-order valence-corrected chi connectivity index (χ4v) is 1.97. The maximum Gasteiger partial charge on any atom is 0.161 e. The molecule has 0 unspecified atom stereocenters. The highest BCUT2D eigenvalue weighted by molar-refractivity contribution is 6.31. The first kappa shape index (κ1) is 14.4. The van der Waals surface area contributed by atoms with E-state index < -0.39 is 0 Å². The van der Waals surface area contributed by atoms with Gasteiger partial charge < -0.3 is 9.47 Å². The minimum atomic E-state index is -0.0130. The van der Waals surface area contributed by atoms with E-state index in [0.29, 0.717) is 28.7 Å². The van der Waals surface area contributed by atoms with E-state index in [2.05, 4.69) is 0 Å². The maximum absolute atomic E-state index is 11.3. The van der Waals surface area contributed by atoms with E-state index in [1.165, 1.54) is 6.92 Å². The van der Waals surface area contributed by atoms with Crippen LogP contribution in [-0.4, -0.2) is 12.9 Å². The summed E-state index contributed by atoms with van der Waals surface area (Å²) >= 11 is 6.08. The smallest absolute Gasteiger partial charge is 0.161 e. The number of ether oxygens (including phenoxy) is 2. The van der Waals surface area contributed by atoms with Crippen molar-refractivity contribution in [1.29, 1.82) is 0 Å². The highest BCUT2D eigenvalue weighted by atomic mass is 35.5. The normalized spacial score (nSPS) is 10.2. The third-order valence-electron chi connectivity index (χ3n) is 2.91. The number of Topliss-reactive ketones (excluding diaryl/α,β-unsaturated/α-hetero) is 1. The SMILES string of the molecule is COc1cc(C(C)=O)ccc1OCc1ccccc1Cl. The first-order valence-corrected chi connectivity index (χ1v) is 6.55. The van der Waals surface area contributed by atoms with Crippen LogP contribution in [0, 0.1) is 0 Å². The lowest BCUT2D eigenvalue weighted by atomic mass is 10.1. The Kier molecular flexibility index (Phi) is 4.64. The maximum atomic E-state index is 11.3. The quantitative estimate of drug-likeness (QED) is 0.777. The third kappa shape index (κ3) is 3.31. The molecule has 0 aromatic heterocycles. The Balaban J connectivity index is 2.17. The molecule has 2 rings (SSSR count). The summed E-state index contributed by atoms with van der Waals surface area (Å²) in [6.07, 6.45) is 0. The van der Waals surface area contributed by atoms with Gasteiger partial charge in [-0.1, -0.05) is 29.8 Å². The number of hydrogen-bond donors (Lipinski definition) is 0. The van der Waals surface area contributed by atoms with Gasteiger partial charge in [-0.3, -0.25) is 4.79 Å². The van der Waals surface area contributed by atoms with Crippen molar-refractivity contribution in [2.24, 2.45) is 0 Å². The molecule has 0 N–H and O–H groups in total. The van der Waals surface area contributed by atoms with E-state index in [4.69, 9.17) is 21.1 Å². The van der Waals surface area contributed by atoms with Gasteiger partial charge >= 0.3 is 0 Å². The molecule has 2 aromatic carbocycles. The summed E-state index contributed by atoms with van der Waals surface area (Å²) in [6.45, 7) is 1.86. The van der Waals surface area contributed by atoms with E-state index in [9.17, 15) is 4.79 Å². The van der Waals surface area contributed by atoms with Gasteiger partial charge in [-0.15, -0.1) is 0 Å². The lowest BCUT2D eigenvalue weighted by Gasteiger charge is -2.12. The summed E-state index contributed by atoms with van der Waals surface area (Å²) in [5.41, 5.74) is 1.49. The Bertz CT molecular complexity index is 623. The number of benzene rings is 2. The summed E-state index contributed by atoms with van der Waals surface area (Å²) in [4.78, 5) is 11.3. The molecule has 0 bridgehead atoms. The monoisotopic (exact) mass is 290 g/mol. The van der Waals surface area contributed by atoms with Gasteiger partial charge in [0.2, 0.25) is 0 Å². The largest absolute Gasteiger partial charge is 0.493 e. The molecule has 3 nitrogen and oxygen atoms in total. The van der Waals surface area contributed by atoms with Gasteiger partial charge in [-0.2, -0.15) is 0 Å². The van der Waals surface area contributed by atoms with Gasteiger partial charge in [0, 0.05) is 16.1 Å². The van der Waals surface area contributed by atoms with Crippen LogP contribution in [0.2, 0.25) is 5.02 Å². The van der Waals surface area contributed by atoms with Crippen molar-refractivity contribution in [3.05, 3.63) is 58.6 Å². The molecule has 2 aromatic rings. The number of rotatable bonds is 5. The highest BCUT2D eigenvalue weighted by Crippen LogP contribution is 2.29. The topological polar surface area (TPSA) is 35.5 Å². The average molecular weight is 291 g/mol. The van der Waals surface area contributed by atoms with Gasteiger partial charge in [0.15, 0.2) is 17.3 Å². The Labute approximate surface area is 123 Å². The first-order chi connectivity index (χ1) is 9.61. The zero-order valence-electron chi connectivity index (χ0n) is 11.4. The number of carbonyl (C=O) groups excluding carboxylic acids is 1. The summed E-state index contributed by atoms with van der Waals surface area (Å²) in [6, 6.07) is 12.6. The van der Waals surface area contributed by atoms with Crippen LogP contribution in [-0.2, 0) is 6.61 Å². The van der Waals surface area contributed by atoms with Crippen LogP contribution in [0.5, 0.6) is 11.5 Å². The second-order valence-electron chi connectivity index (χ2n) is 4.30. The van der Waals surface area contributed by atoms with E-state index >= 15 is 0 Å². The molecule has 0 saturated heterocycles. The van der Waals surface area contributed by atoms with Crippen LogP contribution in [0.1, 0.15) is 22.8 Å². The predicted molar refractivity (Wildman–Crippen MR) is 78.8 cm³/mol. The lowest BCUT2D eigenvalue weighted by molar-refractivity contribution is 0.101. The minimum absolute atomic E-state index is 0.0130. The molecule has 0 radical (unpaired) electrons. The van der Waals surface area contributed by atoms with E-state index in [-0.39, 0.29) is 5.78 Å². The molecule has 0 heterocycles. The number of halogens is 1. The zero-order valence-corrected chi connectivity index (χ0v) is 12.1. The Morgan fingerprint density at radius 3 is 2.55 bits per heavy atom. The van der Waals surface area contributed by atoms with Crippen molar-refractivity contribution >= 4 is 17.4 Å². The predicted octanol–water partition coefficient (Wildman–Crippen LogP) is 4.13. The molecule has 0 aliphatic heterocycles. The van der Waals surface area contributed by atoms with Crippen LogP contribution in [0.25, 0.3) is 0 Å².